The largest absolute Gasteiger partial charge is 0.324 e. The summed E-state index contributed by atoms with van der Waals surface area (Å²) in [5.41, 5.74) is 1.91. The predicted octanol–water partition coefficient (Wildman–Crippen LogP) is 4.41. The Kier molecular flexibility index (Phi) is 5.16. The highest BCUT2D eigenvalue weighted by Crippen LogP contribution is 2.22. The molecule has 0 aliphatic rings. The minimum Gasteiger partial charge on any atom is -0.324 e. The van der Waals surface area contributed by atoms with E-state index in [1.807, 2.05) is 52.0 Å². The summed E-state index contributed by atoms with van der Waals surface area (Å²) in [6.45, 7) is 7.89. The molecule has 1 heterocycles. The zero-order valence-corrected chi connectivity index (χ0v) is 16.8. The molecule has 0 spiro atoms. The molecule has 0 unspecified atom stereocenters. The minimum atomic E-state index is -0.482. The number of hydrogen-bond donors (Lipinski definition) is 1. The number of para-hydroxylation sites is 1. The first-order valence-corrected chi connectivity index (χ1v) is 9.39. The molecule has 0 saturated heterocycles. The van der Waals surface area contributed by atoms with Crippen molar-refractivity contribution in [3.05, 3.63) is 63.4 Å². The molecule has 0 aliphatic heterocycles. The molecule has 0 saturated carbocycles. The van der Waals surface area contributed by atoms with Gasteiger partial charge in [0.15, 0.2) is 0 Å². The molecule has 142 valence electrons. The van der Waals surface area contributed by atoms with E-state index >= 15 is 0 Å². The number of amides is 1. The van der Waals surface area contributed by atoms with E-state index in [9.17, 15) is 9.59 Å². The van der Waals surface area contributed by atoms with Crippen molar-refractivity contribution in [3.8, 4) is 0 Å². The van der Waals surface area contributed by atoms with Crippen molar-refractivity contribution >= 4 is 34.1 Å². The van der Waals surface area contributed by atoms with Crippen LogP contribution in [0.2, 0.25) is 5.02 Å². The second kappa shape index (κ2) is 7.24. The third-order valence-electron chi connectivity index (χ3n) is 4.50. The van der Waals surface area contributed by atoms with Crippen LogP contribution in [0.4, 0.5) is 5.69 Å². The van der Waals surface area contributed by atoms with Gasteiger partial charge in [-0.2, -0.15) is 0 Å². The van der Waals surface area contributed by atoms with E-state index in [2.05, 4.69) is 5.32 Å². The van der Waals surface area contributed by atoms with Crippen LogP contribution < -0.4 is 10.9 Å². The van der Waals surface area contributed by atoms with Crippen LogP contribution in [-0.2, 0) is 23.3 Å². The Bertz CT molecular complexity index is 1060. The van der Waals surface area contributed by atoms with Gasteiger partial charge in [-0.1, -0.05) is 36.7 Å². The average Bonchev–Trinajstić information content (AvgIpc) is 2.86. The van der Waals surface area contributed by atoms with Gasteiger partial charge >= 0.3 is 0 Å². The van der Waals surface area contributed by atoms with Gasteiger partial charge in [-0.25, -0.2) is 4.68 Å². The van der Waals surface area contributed by atoms with Crippen molar-refractivity contribution in [1.82, 2.24) is 9.36 Å². The SMILES string of the molecule is CCc1ccccc1NC(=O)Cn1c2cc(Cl)ccc2c(=O)n1C(C)(C)C. The van der Waals surface area contributed by atoms with Crippen LogP contribution in [0.3, 0.4) is 0 Å². The van der Waals surface area contributed by atoms with Gasteiger partial charge in [0.1, 0.15) is 6.54 Å². The number of aromatic nitrogens is 2. The molecule has 0 atom stereocenters. The van der Waals surface area contributed by atoms with Gasteiger partial charge < -0.3 is 5.32 Å². The lowest BCUT2D eigenvalue weighted by Crippen LogP contribution is -2.38. The van der Waals surface area contributed by atoms with Gasteiger partial charge in [0.05, 0.1) is 16.4 Å². The zero-order chi connectivity index (χ0) is 19.8. The summed E-state index contributed by atoms with van der Waals surface area (Å²) < 4.78 is 3.34. The van der Waals surface area contributed by atoms with Crippen molar-refractivity contribution in [2.24, 2.45) is 0 Å². The summed E-state index contributed by atoms with van der Waals surface area (Å²) in [7, 11) is 0. The highest BCUT2D eigenvalue weighted by atomic mass is 35.5. The standard InChI is InChI=1S/C21H24ClN3O2/c1-5-14-8-6-7-9-17(14)23-19(26)13-24-18-12-15(22)10-11-16(18)20(27)25(24)21(2,3)4/h6-12H,5,13H2,1-4H3,(H,23,26). The molecular formula is C21H24ClN3O2. The van der Waals surface area contributed by atoms with Crippen LogP contribution >= 0.6 is 11.6 Å². The first kappa shape index (κ1) is 19.2. The van der Waals surface area contributed by atoms with Crippen molar-refractivity contribution in [1.29, 1.82) is 0 Å². The molecular weight excluding hydrogens is 362 g/mol. The fourth-order valence-corrected chi connectivity index (χ4v) is 3.50. The van der Waals surface area contributed by atoms with Crippen LogP contribution in [0, 0.1) is 0 Å². The number of fused-ring (bicyclic) bond motifs is 1. The van der Waals surface area contributed by atoms with Crippen molar-refractivity contribution in [3.63, 3.8) is 0 Å². The number of anilines is 1. The number of rotatable bonds is 4. The summed E-state index contributed by atoms with van der Waals surface area (Å²) >= 11 is 6.15. The summed E-state index contributed by atoms with van der Waals surface area (Å²) in [5, 5.41) is 4.05. The predicted molar refractivity (Wildman–Crippen MR) is 111 cm³/mol. The van der Waals surface area contributed by atoms with Gasteiger partial charge in [-0.15, -0.1) is 0 Å². The quantitative estimate of drug-likeness (QED) is 0.723. The molecule has 1 amide bonds. The van der Waals surface area contributed by atoms with Crippen molar-refractivity contribution in [2.75, 3.05) is 5.32 Å². The molecule has 0 bridgehead atoms. The maximum absolute atomic E-state index is 12.9. The molecule has 3 rings (SSSR count). The molecule has 27 heavy (non-hydrogen) atoms. The number of carbonyl (C=O) groups excluding carboxylic acids is 1. The maximum Gasteiger partial charge on any atom is 0.275 e. The molecule has 1 aromatic heterocycles. The highest BCUT2D eigenvalue weighted by Gasteiger charge is 2.24. The van der Waals surface area contributed by atoms with Crippen LogP contribution in [0.15, 0.2) is 47.3 Å². The third-order valence-corrected chi connectivity index (χ3v) is 4.74. The fraction of sp³-hybridized carbons (Fsp3) is 0.333. The Balaban J connectivity index is 2.04. The van der Waals surface area contributed by atoms with Gasteiger partial charge in [0.2, 0.25) is 5.91 Å². The van der Waals surface area contributed by atoms with E-state index in [1.165, 1.54) is 0 Å². The number of nitrogens with zero attached hydrogens (tertiary/aromatic N) is 2. The van der Waals surface area contributed by atoms with Crippen LogP contribution in [-0.4, -0.2) is 15.3 Å². The smallest absolute Gasteiger partial charge is 0.275 e. The summed E-state index contributed by atoms with van der Waals surface area (Å²) in [5.74, 6) is -0.189. The number of carbonyl (C=O) groups is 1. The molecule has 6 heteroatoms. The number of nitrogens with one attached hydrogen (secondary N) is 1. The maximum atomic E-state index is 12.9. The Morgan fingerprint density at radius 2 is 1.85 bits per heavy atom. The number of benzene rings is 2. The van der Waals surface area contributed by atoms with Gasteiger partial charge in [-0.3, -0.25) is 14.3 Å². The number of hydrogen-bond acceptors (Lipinski definition) is 2. The molecule has 0 radical (unpaired) electrons. The van der Waals surface area contributed by atoms with E-state index in [-0.39, 0.29) is 18.0 Å². The van der Waals surface area contributed by atoms with E-state index in [4.69, 9.17) is 11.6 Å². The lowest BCUT2D eigenvalue weighted by atomic mass is 10.1. The van der Waals surface area contributed by atoms with E-state index in [0.717, 1.165) is 17.7 Å². The molecule has 2 aromatic carbocycles. The molecule has 0 fully saturated rings. The fourth-order valence-electron chi connectivity index (χ4n) is 3.33. The Morgan fingerprint density at radius 3 is 2.52 bits per heavy atom. The summed E-state index contributed by atoms with van der Waals surface area (Å²) in [6.07, 6.45) is 0.825. The average molecular weight is 386 g/mol. The van der Waals surface area contributed by atoms with Gasteiger partial charge in [-0.05, 0) is 57.0 Å². The van der Waals surface area contributed by atoms with E-state index in [0.29, 0.717) is 15.9 Å². The minimum absolute atomic E-state index is 0.0222. The van der Waals surface area contributed by atoms with Crippen molar-refractivity contribution in [2.45, 2.75) is 46.2 Å². The molecule has 3 aromatic rings. The lowest BCUT2D eigenvalue weighted by molar-refractivity contribution is -0.117. The second-order valence-corrected chi connectivity index (χ2v) is 8.00. The molecule has 1 N–H and O–H groups in total. The monoisotopic (exact) mass is 385 g/mol. The van der Waals surface area contributed by atoms with Gasteiger partial charge in [0, 0.05) is 10.7 Å². The summed E-state index contributed by atoms with van der Waals surface area (Å²) in [6, 6.07) is 12.9. The number of halogens is 1. The lowest BCUT2D eigenvalue weighted by Gasteiger charge is -2.25. The Hall–Kier alpha value is -2.53. The zero-order valence-electron chi connectivity index (χ0n) is 16.0. The first-order chi connectivity index (χ1) is 12.7. The van der Waals surface area contributed by atoms with E-state index in [1.54, 1.807) is 27.6 Å². The van der Waals surface area contributed by atoms with Crippen LogP contribution in [0.25, 0.3) is 10.9 Å². The Morgan fingerprint density at radius 1 is 1.15 bits per heavy atom. The third kappa shape index (κ3) is 3.78. The second-order valence-electron chi connectivity index (χ2n) is 7.57. The van der Waals surface area contributed by atoms with E-state index < -0.39 is 5.54 Å². The number of aryl methyl sites for hydroxylation is 1. The van der Waals surface area contributed by atoms with Crippen molar-refractivity contribution < 1.29 is 4.79 Å². The highest BCUT2D eigenvalue weighted by molar-refractivity contribution is 6.31. The molecule has 0 aliphatic carbocycles. The van der Waals surface area contributed by atoms with Crippen LogP contribution in [0.1, 0.15) is 33.3 Å². The summed E-state index contributed by atoms with van der Waals surface area (Å²) in [4.78, 5) is 25.7. The Labute approximate surface area is 163 Å². The van der Waals surface area contributed by atoms with Gasteiger partial charge in [0.25, 0.3) is 5.56 Å². The normalized spacial score (nSPS) is 11.7. The topological polar surface area (TPSA) is 56.0 Å². The van der Waals surface area contributed by atoms with Crippen LogP contribution in [0.5, 0.6) is 0 Å². The first-order valence-electron chi connectivity index (χ1n) is 9.01. The molecule has 5 nitrogen and oxygen atoms in total.